The lowest BCUT2D eigenvalue weighted by molar-refractivity contribution is 0.602. The van der Waals surface area contributed by atoms with E-state index in [-0.39, 0.29) is 0 Å². The van der Waals surface area contributed by atoms with Gasteiger partial charge >= 0.3 is 0 Å². The lowest BCUT2D eigenvalue weighted by Crippen LogP contribution is -1.83. The molecule has 0 aliphatic heterocycles. The summed E-state index contributed by atoms with van der Waals surface area (Å²) >= 11 is 0. The van der Waals surface area contributed by atoms with Crippen molar-refractivity contribution in [2.45, 2.75) is 20.3 Å². The van der Waals surface area contributed by atoms with E-state index in [0.29, 0.717) is 0 Å². The molecule has 0 saturated carbocycles. The Labute approximate surface area is 104 Å². The molecule has 1 unspecified atom stereocenters. The molecule has 1 nitrogen and oxygen atoms in total. The highest BCUT2D eigenvalue weighted by Crippen LogP contribution is 2.43. The van der Waals surface area contributed by atoms with Gasteiger partial charge in [-0.1, -0.05) is 31.2 Å². The number of benzene rings is 2. The summed E-state index contributed by atoms with van der Waals surface area (Å²) in [4.78, 5) is 0. The van der Waals surface area contributed by atoms with Crippen molar-refractivity contribution in [3.05, 3.63) is 47.5 Å². The molecule has 0 aliphatic carbocycles. The summed E-state index contributed by atoms with van der Waals surface area (Å²) in [7, 11) is -0.996. The van der Waals surface area contributed by atoms with E-state index in [1.165, 1.54) is 10.9 Å². The number of hydrogen-bond donors (Lipinski definition) is 0. The van der Waals surface area contributed by atoms with Crippen molar-refractivity contribution in [2.24, 2.45) is 0 Å². The van der Waals surface area contributed by atoms with Gasteiger partial charge in [0.1, 0.15) is 0 Å². The number of thiophene rings is 1. The number of aryl methyl sites for hydroxylation is 2. The second-order valence-corrected chi connectivity index (χ2v) is 5.75. The molecule has 0 amide bonds. The topological polar surface area (TPSA) is 23.1 Å². The van der Waals surface area contributed by atoms with E-state index in [1.54, 1.807) is 0 Å². The largest absolute Gasteiger partial charge is 0.590 e. The van der Waals surface area contributed by atoms with Gasteiger partial charge in [0.25, 0.3) is 0 Å². The molecule has 1 aromatic heterocycles. The van der Waals surface area contributed by atoms with Gasteiger partial charge in [-0.15, -0.1) is 0 Å². The molecule has 1 heterocycles. The lowest BCUT2D eigenvalue weighted by atomic mass is 10.0. The maximum Gasteiger partial charge on any atom is 0.183 e. The minimum Gasteiger partial charge on any atom is -0.590 e. The summed E-state index contributed by atoms with van der Waals surface area (Å²) in [6.45, 7) is 4.19. The Kier molecular flexibility index (Phi) is 2.42. The van der Waals surface area contributed by atoms with Gasteiger partial charge in [0.05, 0.1) is 5.39 Å². The Morgan fingerprint density at radius 3 is 2.65 bits per heavy atom. The maximum absolute atomic E-state index is 12.5. The molecule has 0 saturated heterocycles. The first-order valence-corrected chi connectivity index (χ1v) is 7.02. The summed E-state index contributed by atoms with van der Waals surface area (Å²) in [5, 5.41) is 2.36. The Hall–Kier alpha value is -1.38. The molecule has 17 heavy (non-hydrogen) atoms. The number of hydrogen-bond acceptors (Lipinski definition) is 1. The third-order valence-corrected chi connectivity index (χ3v) is 5.02. The fraction of sp³-hybridized carbons (Fsp3) is 0.200. The summed E-state index contributed by atoms with van der Waals surface area (Å²) < 4.78 is 14.5. The van der Waals surface area contributed by atoms with Gasteiger partial charge in [-0.05, 0) is 41.8 Å². The van der Waals surface area contributed by atoms with Crippen LogP contribution in [0.15, 0.2) is 36.4 Å². The van der Waals surface area contributed by atoms with Crippen molar-refractivity contribution in [1.82, 2.24) is 0 Å². The van der Waals surface area contributed by atoms with Gasteiger partial charge in [0.2, 0.25) is 0 Å². The lowest BCUT2D eigenvalue weighted by Gasteiger charge is -2.01. The Morgan fingerprint density at radius 2 is 1.88 bits per heavy atom. The van der Waals surface area contributed by atoms with Gasteiger partial charge in [-0.2, -0.15) is 0 Å². The molecule has 1 atom stereocenters. The van der Waals surface area contributed by atoms with Gasteiger partial charge in [0, 0.05) is 10.9 Å². The molecule has 2 heteroatoms. The highest BCUT2D eigenvalue weighted by molar-refractivity contribution is 7.37. The Bertz CT molecular complexity index is 710. The summed E-state index contributed by atoms with van der Waals surface area (Å²) in [5.41, 5.74) is 2.43. The normalized spacial score (nSPS) is 12.5. The zero-order valence-electron chi connectivity index (χ0n) is 9.99. The Morgan fingerprint density at radius 1 is 1.12 bits per heavy atom. The average molecular weight is 242 g/mol. The molecule has 86 valence electrons. The molecular weight excluding hydrogens is 228 g/mol. The van der Waals surface area contributed by atoms with Crippen LogP contribution >= 0.6 is 10.8 Å². The van der Waals surface area contributed by atoms with Gasteiger partial charge in [-0.3, -0.25) is 0 Å². The standard InChI is InChI=1S/C15H14OS/c1-3-11-9-8-10(2)15-14(11)12-6-4-5-7-13(12)17(15)16/h4-9H,3H2,1-2H3. The van der Waals surface area contributed by atoms with Crippen LogP contribution in [0.5, 0.6) is 0 Å². The van der Waals surface area contributed by atoms with E-state index in [0.717, 1.165) is 26.8 Å². The van der Waals surface area contributed by atoms with Gasteiger partial charge in [0.15, 0.2) is 9.40 Å². The van der Waals surface area contributed by atoms with E-state index in [2.05, 4.69) is 25.1 Å². The molecule has 0 bridgehead atoms. The van der Waals surface area contributed by atoms with Crippen LogP contribution in [-0.4, -0.2) is 4.55 Å². The predicted molar refractivity (Wildman–Crippen MR) is 74.2 cm³/mol. The van der Waals surface area contributed by atoms with Crippen LogP contribution in [-0.2, 0) is 6.42 Å². The van der Waals surface area contributed by atoms with E-state index < -0.39 is 10.8 Å². The summed E-state index contributed by atoms with van der Waals surface area (Å²) in [6, 6.07) is 12.3. The second kappa shape index (κ2) is 3.83. The van der Waals surface area contributed by atoms with Crippen LogP contribution in [0.4, 0.5) is 0 Å². The molecule has 0 fully saturated rings. The first kappa shape index (κ1) is 10.8. The van der Waals surface area contributed by atoms with Crippen molar-refractivity contribution in [3.8, 4) is 0 Å². The van der Waals surface area contributed by atoms with Crippen molar-refractivity contribution < 1.29 is 4.55 Å². The molecule has 2 aromatic carbocycles. The molecule has 0 N–H and O–H groups in total. The van der Waals surface area contributed by atoms with Gasteiger partial charge < -0.3 is 4.55 Å². The van der Waals surface area contributed by atoms with E-state index >= 15 is 0 Å². The highest BCUT2D eigenvalue weighted by atomic mass is 32.2. The van der Waals surface area contributed by atoms with Crippen molar-refractivity contribution in [3.63, 3.8) is 0 Å². The van der Waals surface area contributed by atoms with Crippen molar-refractivity contribution in [1.29, 1.82) is 0 Å². The molecule has 0 spiro atoms. The zero-order chi connectivity index (χ0) is 12.0. The molecule has 0 aliphatic rings. The summed E-state index contributed by atoms with van der Waals surface area (Å²) in [5.74, 6) is 0. The van der Waals surface area contributed by atoms with Crippen LogP contribution in [0.25, 0.3) is 20.2 Å². The minimum absolute atomic E-state index is 0.964. The van der Waals surface area contributed by atoms with Crippen LogP contribution < -0.4 is 0 Å². The third kappa shape index (κ3) is 1.41. The predicted octanol–water partition coefficient (Wildman–Crippen LogP) is 4.59. The maximum atomic E-state index is 12.5. The van der Waals surface area contributed by atoms with E-state index in [4.69, 9.17) is 0 Å². The van der Waals surface area contributed by atoms with E-state index in [1.807, 2.05) is 25.1 Å². The first-order valence-electron chi connectivity index (χ1n) is 5.87. The van der Waals surface area contributed by atoms with Crippen LogP contribution in [0.1, 0.15) is 18.1 Å². The third-order valence-electron chi connectivity index (χ3n) is 3.36. The van der Waals surface area contributed by atoms with E-state index in [9.17, 15) is 4.55 Å². The van der Waals surface area contributed by atoms with Crippen molar-refractivity contribution >= 4 is 30.9 Å². The smallest absolute Gasteiger partial charge is 0.183 e. The molecule has 3 aromatic rings. The number of fused-ring (bicyclic) bond motifs is 3. The fourth-order valence-corrected chi connectivity index (χ4v) is 4.08. The number of rotatable bonds is 1. The second-order valence-electron chi connectivity index (χ2n) is 4.36. The van der Waals surface area contributed by atoms with Crippen molar-refractivity contribution in [2.75, 3.05) is 0 Å². The van der Waals surface area contributed by atoms with Crippen LogP contribution in [0, 0.1) is 6.92 Å². The SMILES string of the molecule is CCc1ccc(C)c2c1c1ccccc1[s+]2[O-]. The molecular formula is C15H14OS. The van der Waals surface area contributed by atoms with Crippen LogP contribution in [0.2, 0.25) is 0 Å². The average Bonchev–Trinajstić information content (AvgIpc) is 2.66. The van der Waals surface area contributed by atoms with Crippen LogP contribution in [0.3, 0.4) is 0 Å². The first-order chi connectivity index (χ1) is 8.24. The zero-order valence-corrected chi connectivity index (χ0v) is 10.8. The highest BCUT2D eigenvalue weighted by Gasteiger charge is 2.19. The fourth-order valence-electron chi connectivity index (χ4n) is 2.50. The minimum atomic E-state index is -0.996. The molecule has 0 radical (unpaired) electrons. The quantitative estimate of drug-likeness (QED) is 0.572. The molecule has 3 rings (SSSR count). The Balaban J connectivity index is 2.65. The van der Waals surface area contributed by atoms with Gasteiger partial charge in [-0.25, -0.2) is 0 Å². The monoisotopic (exact) mass is 242 g/mol. The summed E-state index contributed by atoms with van der Waals surface area (Å²) in [6.07, 6.45) is 0.980.